The third-order valence-corrected chi connectivity index (χ3v) is 3.62. The van der Waals surface area contributed by atoms with Crippen LogP contribution in [0.3, 0.4) is 0 Å². The number of nitrogens with two attached hydrogens (primary N) is 1. The third-order valence-electron chi connectivity index (χ3n) is 3.62. The summed E-state index contributed by atoms with van der Waals surface area (Å²) in [7, 11) is 0. The maximum atomic E-state index is 11.8. The van der Waals surface area contributed by atoms with Gasteiger partial charge in [-0.2, -0.15) is 4.98 Å². The van der Waals surface area contributed by atoms with Crippen LogP contribution in [-0.2, 0) is 11.5 Å². The van der Waals surface area contributed by atoms with Crippen molar-refractivity contribution in [1.82, 2.24) is 14.5 Å². The first kappa shape index (κ1) is 13.6. The summed E-state index contributed by atoms with van der Waals surface area (Å²) in [6.45, 7) is 1.80. The number of amides is 1. The number of aromatic nitrogens is 2. The lowest BCUT2D eigenvalue weighted by Gasteiger charge is -2.33. The molecule has 1 aromatic heterocycles. The SMILES string of the molecule is CC(=O)N(Cn1ccc(N)nc1=O)C1CCCCC1. The van der Waals surface area contributed by atoms with Gasteiger partial charge in [-0.05, 0) is 18.9 Å². The van der Waals surface area contributed by atoms with Crippen LogP contribution in [0.15, 0.2) is 17.1 Å². The second-order valence-corrected chi connectivity index (χ2v) is 5.03. The second kappa shape index (κ2) is 5.86. The molecule has 0 aliphatic heterocycles. The number of hydrogen-bond acceptors (Lipinski definition) is 4. The predicted octanol–water partition coefficient (Wildman–Crippen LogP) is 0.964. The Hall–Kier alpha value is -1.85. The molecule has 2 N–H and O–H groups in total. The summed E-state index contributed by atoms with van der Waals surface area (Å²) >= 11 is 0. The molecule has 1 aliphatic rings. The van der Waals surface area contributed by atoms with Crippen molar-refractivity contribution < 1.29 is 4.79 Å². The minimum Gasteiger partial charge on any atom is -0.383 e. The van der Waals surface area contributed by atoms with Crippen LogP contribution in [0.5, 0.6) is 0 Å². The molecule has 19 heavy (non-hydrogen) atoms. The smallest absolute Gasteiger partial charge is 0.350 e. The summed E-state index contributed by atoms with van der Waals surface area (Å²) in [5, 5.41) is 0. The number of carbonyl (C=O) groups excluding carboxylic acids is 1. The van der Waals surface area contributed by atoms with Crippen molar-refractivity contribution in [2.75, 3.05) is 5.73 Å². The summed E-state index contributed by atoms with van der Waals surface area (Å²) in [5.74, 6) is 0.198. The van der Waals surface area contributed by atoms with Crippen LogP contribution in [0.1, 0.15) is 39.0 Å². The Morgan fingerprint density at radius 1 is 1.47 bits per heavy atom. The van der Waals surface area contributed by atoms with Crippen molar-refractivity contribution in [1.29, 1.82) is 0 Å². The fourth-order valence-corrected chi connectivity index (χ4v) is 2.58. The Morgan fingerprint density at radius 3 is 2.74 bits per heavy atom. The molecule has 0 aromatic carbocycles. The fourth-order valence-electron chi connectivity index (χ4n) is 2.58. The van der Waals surface area contributed by atoms with Gasteiger partial charge in [-0.25, -0.2) is 4.79 Å². The van der Waals surface area contributed by atoms with Gasteiger partial charge in [0.25, 0.3) is 0 Å². The lowest BCUT2D eigenvalue weighted by atomic mass is 9.94. The lowest BCUT2D eigenvalue weighted by molar-refractivity contribution is -0.134. The molecule has 0 unspecified atom stereocenters. The van der Waals surface area contributed by atoms with Crippen molar-refractivity contribution in [3.8, 4) is 0 Å². The van der Waals surface area contributed by atoms with Gasteiger partial charge in [-0.15, -0.1) is 0 Å². The highest BCUT2D eigenvalue weighted by Crippen LogP contribution is 2.23. The van der Waals surface area contributed by atoms with Crippen molar-refractivity contribution in [2.45, 2.75) is 51.7 Å². The third kappa shape index (κ3) is 3.33. The Bertz CT molecular complexity index is 506. The normalized spacial score (nSPS) is 16.3. The van der Waals surface area contributed by atoms with E-state index in [9.17, 15) is 9.59 Å². The fraction of sp³-hybridized carbons (Fsp3) is 0.615. The van der Waals surface area contributed by atoms with Crippen LogP contribution < -0.4 is 11.4 Å². The number of carbonyl (C=O) groups is 1. The zero-order chi connectivity index (χ0) is 13.8. The zero-order valence-electron chi connectivity index (χ0n) is 11.2. The standard InChI is InChI=1S/C13H20N4O2/c1-10(18)17(11-5-3-2-4-6-11)9-16-8-7-12(14)15-13(16)19/h7-8,11H,2-6,9H2,1H3,(H2,14,15,19). The molecule has 1 aliphatic carbocycles. The molecule has 1 amide bonds. The summed E-state index contributed by atoms with van der Waals surface area (Å²) in [6, 6.07) is 1.80. The molecule has 1 fully saturated rings. The maximum absolute atomic E-state index is 11.8. The first-order valence-electron chi connectivity index (χ1n) is 6.68. The van der Waals surface area contributed by atoms with E-state index in [1.807, 2.05) is 0 Å². The van der Waals surface area contributed by atoms with Crippen LogP contribution in [0.4, 0.5) is 5.82 Å². The van der Waals surface area contributed by atoms with Crippen LogP contribution in [-0.4, -0.2) is 26.4 Å². The van der Waals surface area contributed by atoms with Crippen LogP contribution in [0.25, 0.3) is 0 Å². The van der Waals surface area contributed by atoms with E-state index in [1.54, 1.807) is 24.1 Å². The van der Waals surface area contributed by atoms with Gasteiger partial charge in [0, 0.05) is 19.2 Å². The largest absolute Gasteiger partial charge is 0.383 e. The minimum atomic E-state index is -0.415. The van der Waals surface area contributed by atoms with E-state index in [-0.39, 0.29) is 24.4 Å². The highest BCUT2D eigenvalue weighted by atomic mass is 16.2. The van der Waals surface area contributed by atoms with Crippen LogP contribution in [0, 0.1) is 0 Å². The van der Waals surface area contributed by atoms with Crippen molar-refractivity contribution in [2.24, 2.45) is 0 Å². The van der Waals surface area contributed by atoms with Gasteiger partial charge in [-0.1, -0.05) is 19.3 Å². The molecular weight excluding hydrogens is 244 g/mol. The average Bonchev–Trinajstić information content (AvgIpc) is 2.38. The summed E-state index contributed by atoms with van der Waals surface area (Å²) in [5.41, 5.74) is 5.04. The van der Waals surface area contributed by atoms with E-state index in [1.165, 1.54) is 11.0 Å². The number of rotatable bonds is 3. The Labute approximate surface area is 112 Å². The molecule has 0 spiro atoms. The van der Waals surface area contributed by atoms with Gasteiger partial charge in [0.1, 0.15) is 12.5 Å². The number of anilines is 1. The number of nitrogen functional groups attached to an aromatic ring is 1. The van der Waals surface area contributed by atoms with Gasteiger partial charge in [0.2, 0.25) is 5.91 Å². The molecule has 1 aromatic rings. The highest BCUT2D eigenvalue weighted by Gasteiger charge is 2.23. The van der Waals surface area contributed by atoms with Gasteiger partial charge in [0.15, 0.2) is 0 Å². The molecule has 0 radical (unpaired) electrons. The topological polar surface area (TPSA) is 81.2 Å². The van der Waals surface area contributed by atoms with Crippen molar-refractivity contribution in [3.05, 3.63) is 22.7 Å². The summed E-state index contributed by atoms with van der Waals surface area (Å²) < 4.78 is 1.42. The van der Waals surface area contributed by atoms with E-state index in [2.05, 4.69) is 4.98 Å². The summed E-state index contributed by atoms with van der Waals surface area (Å²) in [4.78, 5) is 28.9. The van der Waals surface area contributed by atoms with Crippen molar-refractivity contribution >= 4 is 11.7 Å². The molecule has 6 heteroatoms. The maximum Gasteiger partial charge on any atom is 0.350 e. The molecule has 0 atom stereocenters. The quantitative estimate of drug-likeness (QED) is 0.881. The van der Waals surface area contributed by atoms with Gasteiger partial charge >= 0.3 is 5.69 Å². The van der Waals surface area contributed by atoms with E-state index >= 15 is 0 Å². The molecule has 1 heterocycles. The first-order valence-corrected chi connectivity index (χ1v) is 6.68. The number of nitrogens with zero attached hydrogens (tertiary/aromatic N) is 3. The van der Waals surface area contributed by atoms with E-state index in [0.717, 1.165) is 25.7 Å². The molecular formula is C13H20N4O2. The monoisotopic (exact) mass is 264 g/mol. The van der Waals surface area contributed by atoms with Crippen LogP contribution >= 0.6 is 0 Å². The number of hydrogen-bond donors (Lipinski definition) is 1. The molecule has 6 nitrogen and oxygen atoms in total. The molecule has 2 rings (SSSR count). The average molecular weight is 264 g/mol. The van der Waals surface area contributed by atoms with E-state index in [0.29, 0.717) is 0 Å². The molecule has 0 bridgehead atoms. The van der Waals surface area contributed by atoms with Crippen LogP contribution in [0.2, 0.25) is 0 Å². The zero-order valence-corrected chi connectivity index (χ0v) is 11.2. The Kier molecular flexibility index (Phi) is 4.19. The lowest BCUT2D eigenvalue weighted by Crippen LogP contribution is -2.43. The van der Waals surface area contributed by atoms with Gasteiger partial charge < -0.3 is 10.6 Å². The van der Waals surface area contributed by atoms with E-state index < -0.39 is 5.69 Å². The van der Waals surface area contributed by atoms with Gasteiger partial charge in [0.05, 0.1) is 0 Å². The van der Waals surface area contributed by atoms with Gasteiger partial charge in [-0.3, -0.25) is 9.36 Å². The second-order valence-electron chi connectivity index (χ2n) is 5.03. The first-order chi connectivity index (χ1) is 9.08. The molecule has 104 valence electrons. The highest BCUT2D eigenvalue weighted by molar-refractivity contribution is 5.73. The predicted molar refractivity (Wildman–Crippen MR) is 72.3 cm³/mol. The summed E-state index contributed by atoms with van der Waals surface area (Å²) in [6.07, 6.45) is 7.12. The molecule has 1 saturated carbocycles. The Balaban J connectivity index is 2.16. The minimum absolute atomic E-state index is 0.00405. The van der Waals surface area contributed by atoms with E-state index in [4.69, 9.17) is 5.73 Å². The van der Waals surface area contributed by atoms with Crippen molar-refractivity contribution in [3.63, 3.8) is 0 Å². The molecule has 0 saturated heterocycles. The Morgan fingerprint density at radius 2 is 2.16 bits per heavy atom.